The van der Waals surface area contributed by atoms with E-state index >= 15 is 0 Å². The van der Waals surface area contributed by atoms with E-state index in [9.17, 15) is 14.3 Å². The van der Waals surface area contributed by atoms with Gasteiger partial charge in [0, 0.05) is 27.9 Å². The second-order valence-corrected chi connectivity index (χ2v) is 7.42. The van der Waals surface area contributed by atoms with E-state index in [0.717, 1.165) is 5.56 Å². The smallest absolute Gasteiger partial charge is 0.349 e. The average molecular weight is 461 g/mol. The number of aromatic nitrogens is 3. The van der Waals surface area contributed by atoms with Crippen molar-refractivity contribution in [1.29, 1.82) is 0 Å². The highest BCUT2D eigenvalue weighted by molar-refractivity contribution is 9.10. The van der Waals surface area contributed by atoms with Gasteiger partial charge in [0.1, 0.15) is 23.1 Å². The van der Waals surface area contributed by atoms with Gasteiger partial charge >= 0.3 is 5.56 Å². The zero-order valence-electron chi connectivity index (χ0n) is 14.3. The molecule has 0 saturated heterocycles. The molecule has 0 bridgehead atoms. The van der Waals surface area contributed by atoms with E-state index in [1.54, 1.807) is 42.7 Å². The first-order valence-electron chi connectivity index (χ1n) is 8.26. The van der Waals surface area contributed by atoms with Crippen molar-refractivity contribution < 1.29 is 14.1 Å². The highest BCUT2D eigenvalue weighted by atomic mass is 79.9. The Labute approximate surface area is 172 Å². The largest absolute Gasteiger partial charge is 0.842 e. The van der Waals surface area contributed by atoms with Crippen LogP contribution in [0.3, 0.4) is 0 Å². The Morgan fingerprint density at radius 3 is 2.79 bits per heavy atom. The van der Waals surface area contributed by atoms with Gasteiger partial charge in [0.25, 0.3) is 5.65 Å². The summed E-state index contributed by atoms with van der Waals surface area (Å²) < 4.78 is 17.8. The first-order chi connectivity index (χ1) is 13.5. The number of rotatable bonds is 3. The first-order valence-corrected chi connectivity index (χ1v) is 9.43. The molecule has 0 amide bonds. The lowest BCUT2D eigenvalue weighted by molar-refractivity contribution is -0.708. The van der Waals surface area contributed by atoms with E-state index in [1.165, 1.54) is 27.2 Å². The third-order valence-electron chi connectivity index (χ3n) is 4.33. The van der Waals surface area contributed by atoms with E-state index in [1.807, 2.05) is 0 Å². The van der Waals surface area contributed by atoms with Crippen molar-refractivity contribution in [3.05, 3.63) is 92.3 Å². The van der Waals surface area contributed by atoms with Crippen LogP contribution in [0.25, 0.3) is 16.8 Å². The van der Waals surface area contributed by atoms with Gasteiger partial charge in [-0.2, -0.15) is 4.40 Å². The number of nitrogens with zero attached hydrogens (tertiary/aromatic N) is 3. The molecule has 0 aliphatic rings. The van der Waals surface area contributed by atoms with Crippen LogP contribution in [-0.2, 0) is 6.54 Å². The minimum atomic E-state index is -0.645. The normalized spacial score (nSPS) is 11.1. The van der Waals surface area contributed by atoms with Gasteiger partial charge in [-0.3, -0.25) is 0 Å². The second kappa shape index (κ2) is 7.33. The lowest BCUT2D eigenvalue weighted by atomic mass is 10.1. The van der Waals surface area contributed by atoms with Crippen molar-refractivity contribution in [3.63, 3.8) is 0 Å². The van der Waals surface area contributed by atoms with Gasteiger partial charge in [0.2, 0.25) is 0 Å². The quantitative estimate of drug-likeness (QED) is 0.348. The van der Waals surface area contributed by atoms with Crippen molar-refractivity contribution in [2.24, 2.45) is 0 Å². The molecule has 0 atom stereocenters. The van der Waals surface area contributed by atoms with Gasteiger partial charge in [0.15, 0.2) is 0 Å². The van der Waals surface area contributed by atoms with Gasteiger partial charge in [0.05, 0.1) is 12.1 Å². The van der Waals surface area contributed by atoms with Gasteiger partial charge < -0.3 is 5.11 Å². The van der Waals surface area contributed by atoms with Crippen molar-refractivity contribution in [1.82, 2.24) is 9.38 Å². The fourth-order valence-corrected chi connectivity index (χ4v) is 3.50. The van der Waals surface area contributed by atoms with Crippen LogP contribution in [0.15, 0.2) is 70.2 Å². The van der Waals surface area contributed by atoms with E-state index in [0.29, 0.717) is 15.3 Å². The van der Waals surface area contributed by atoms with E-state index in [-0.39, 0.29) is 17.7 Å². The highest BCUT2D eigenvalue weighted by Crippen LogP contribution is 2.27. The number of pyridine rings is 2. The maximum absolute atomic E-state index is 14.5. The van der Waals surface area contributed by atoms with Crippen molar-refractivity contribution in [2.75, 3.05) is 0 Å². The van der Waals surface area contributed by atoms with Crippen LogP contribution in [0.4, 0.5) is 4.39 Å². The van der Waals surface area contributed by atoms with Gasteiger partial charge in [-0.05, 0) is 30.3 Å². The Balaban J connectivity index is 2.03. The number of halogens is 3. The fraction of sp³-hybridized carbons (Fsp3) is 0.0500. The molecule has 0 spiro atoms. The number of hydrogen-bond donors (Lipinski definition) is 0. The van der Waals surface area contributed by atoms with Gasteiger partial charge in [-0.15, -0.1) is 0 Å². The molecule has 5 nitrogen and oxygen atoms in total. The Hall–Kier alpha value is -2.77. The molecule has 0 aliphatic carbocycles. The van der Waals surface area contributed by atoms with Crippen LogP contribution in [0.1, 0.15) is 5.56 Å². The van der Waals surface area contributed by atoms with Crippen LogP contribution >= 0.6 is 27.5 Å². The molecule has 4 aromatic rings. The Bertz CT molecular complexity index is 1260. The van der Waals surface area contributed by atoms with Crippen molar-refractivity contribution in [3.8, 4) is 17.0 Å². The second-order valence-electron chi connectivity index (χ2n) is 6.11. The zero-order valence-corrected chi connectivity index (χ0v) is 16.6. The van der Waals surface area contributed by atoms with Crippen LogP contribution in [0.2, 0.25) is 5.15 Å². The zero-order chi connectivity index (χ0) is 19.8. The molecule has 3 aromatic heterocycles. The molecule has 28 heavy (non-hydrogen) atoms. The summed E-state index contributed by atoms with van der Waals surface area (Å²) in [7, 11) is 0. The predicted molar refractivity (Wildman–Crippen MR) is 105 cm³/mol. The van der Waals surface area contributed by atoms with Crippen molar-refractivity contribution >= 4 is 33.2 Å². The van der Waals surface area contributed by atoms with Gasteiger partial charge in [-0.25, -0.2) is 18.7 Å². The van der Waals surface area contributed by atoms with Crippen LogP contribution in [-0.4, -0.2) is 9.38 Å². The molecule has 8 heteroatoms. The summed E-state index contributed by atoms with van der Waals surface area (Å²) in [5, 5.41) is 13.6. The molecule has 3 heterocycles. The minimum Gasteiger partial charge on any atom is -0.842 e. The first kappa shape index (κ1) is 18.6. The predicted octanol–water partition coefficient (Wildman–Crippen LogP) is 3.33. The number of hydrogen-bond acceptors (Lipinski definition) is 3. The molecule has 0 saturated carbocycles. The lowest BCUT2D eigenvalue weighted by Gasteiger charge is -2.17. The summed E-state index contributed by atoms with van der Waals surface area (Å²) in [4.78, 5) is 17.0. The molecule has 4 rings (SSSR count). The van der Waals surface area contributed by atoms with E-state index < -0.39 is 17.3 Å². The molecule has 0 fully saturated rings. The summed E-state index contributed by atoms with van der Waals surface area (Å²) in [6, 6.07) is 12.6. The third kappa shape index (κ3) is 3.27. The minimum absolute atomic E-state index is 0.0504. The van der Waals surface area contributed by atoms with Crippen molar-refractivity contribution in [2.45, 2.75) is 6.54 Å². The summed E-state index contributed by atoms with van der Waals surface area (Å²) in [6.07, 6.45) is 3.10. The SMILES string of the molecule is O=c1c(-c2cc(Br)ccc2F)c([O-])[n+](Cc2ccc(Cl)nc2)c2ccccn12. The van der Waals surface area contributed by atoms with Crippen LogP contribution < -0.4 is 15.2 Å². The summed E-state index contributed by atoms with van der Waals surface area (Å²) in [6.45, 7) is 0.152. The molecule has 0 unspecified atom stereocenters. The standard InChI is InChI=1S/C20H12BrClFN3O2/c21-13-5-6-15(23)14(9-13)18-19(27)25-8-2-1-3-17(25)26(20(18)28)11-12-4-7-16(22)24-10-12/h1-10H,11H2. The maximum atomic E-state index is 14.5. The number of fused-ring (bicyclic) bond motifs is 1. The molecular weight excluding hydrogens is 449 g/mol. The van der Waals surface area contributed by atoms with E-state index in [2.05, 4.69) is 20.9 Å². The monoisotopic (exact) mass is 459 g/mol. The Morgan fingerprint density at radius 1 is 1.21 bits per heavy atom. The summed E-state index contributed by atoms with van der Waals surface area (Å²) in [5.41, 5.74) is 0.251. The molecule has 1 aromatic carbocycles. The highest BCUT2D eigenvalue weighted by Gasteiger charge is 2.22. The molecular formula is C20H12BrClFN3O2. The molecule has 0 N–H and O–H groups in total. The molecule has 0 aliphatic heterocycles. The lowest BCUT2D eigenvalue weighted by Crippen LogP contribution is -2.44. The maximum Gasteiger partial charge on any atom is 0.349 e. The third-order valence-corrected chi connectivity index (χ3v) is 5.05. The Kier molecular flexibility index (Phi) is 4.87. The van der Waals surface area contributed by atoms with Gasteiger partial charge in [-0.1, -0.05) is 39.7 Å². The van der Waals surface area contributed by atoms with Crippen LogP contribution in [0, 0.1) is 5.82 Å². The average Bonchev–Trinajstić information content (AvgIpc) is 2.69. The van der Waals surface area contributed by atoms with E-state index in [4.69, 9.17) is 11.6 Å². The summed E-state index contributed by atoms with van der Waals surface area (Å²) >= 11 is 9.09. The molecule has 0 radical (unpaired) electrons. The topological polar surface area (TPSA) is 61.3 Å². The van der Waals surface area contributed by atoms with Crippen LogP contribution in [0.5, 0.6) is 5.88 Å². The summed E-state index contributed by atoms with van der Waals surface area (Å²) in [5.74, 6) is -1.23. The number of benzene rings is 1. The molecule has 140 valence electrons. The fourth-order valence-electron chi connectivity index (χ4n) is 3.03. The Morgan fingerprint density at radius 2 is 2.04 bits per heavy atom.